The van der Waals surface area contributed by atoms with Crippen molar-refractivity contribution in [1.82, 2.24) is 4.57 Å². The van der Waals surface area contributed by atoms with Gasteiger partial charge in [-0.15, -0.1) is 11.3 Å². The summed E-state index contributed by atoms with van der Waals surface area (Å²) in [5.41, 5.74) is 12.6. The summed E-state index contributed by atoms with van der Waals surface area (Å²) in [7, 11) is 0. The van der Waals surface area contributed by atoms with Gasteiger partial charge in [0.05, 0.1) is 11.0 Å². The molecule has 11 aromatic rings. The van der Waals surface area contributed by atoms with Crippen molar-refractivity contribution in [3.05, 3.63) is 224 Å². The van der Waals surface area contributed by atoms with Crippen LogP contribution in [0.3, 0.4) is 0 Å². The van der Waals surface area contributed by atoms with Gasteiger partial charge >= 0.3 is 0 Å². The number of para-hydroxylation sites is 4. The summed E-state index contributed by atoms with van der Waals surface area (Å²) < 4.78 is 5.09. The maximum Gasteiger partial charge on any atom is 0.0562 e. The Morgan fingerprint density at radius 1 is 0.328 bits per heavy atom. The highest BCUT2D eigenvalue weighted by atomic mass is 32.1. The topological polar surface area (TPSA) is 11.4 Å². The molecule has 0 unspecified atom stereocenters. The first-order valence-corrected chi connectivity index (χ1v) is 20.5. The van der Waals surface area contributed by atoms with Gasteiger partial charge in [-0.2, -0.15) is 0 Å². The van der Waals surface area contributed by atoms with Gasteiger partial charge in [0.15, 0.2) is 0 Å². The van der Waals surface area contributed by atoms with Crippen LogP contribution in [0.15, 0.2) is 224 Å². The molecule has 0 aliphatic carbocycles. The lowest BCUT2D eigenvalue weighted by atomic mass is 10.0. The van der Waals surface area contributed by atoms with Crippen molar-refractivity contribution in [1.29, 1.82) is 0 Å². The molecular formula is C54H37N3S. The lowest BCUT2D eigenvalue weighted by Crippen LogP contribution is -2.10. The number of thiophene rings is 1. The molecule has 0 bridgehead atoms. The van der Waals surface area contributed by atoms with E-state index in [0.717, 1.165) is 39.8 Å². The smallest absolute Gasteiger partial charge is 0.0562 e. The Bertz CT molecular complexity index is 3150. The second-order valence-corrected chi connectivity index (χ2v) is 15.6. The maximum absolute atomic E-state index is 2.44. The first kappa shape index (κ1) is 33.9. The molecule has 0 saturated carbocycles. The summed E-state index contributed by atoms with van der Waals surface area (Å²) in [6, 6.07) is 80.8. The number of benzene rings is 9. The maximum atomic E-state index is 2.44. The number of nitrogens with zero attached hydrogens (tertiary/aromatic N) is 3. The van der Waals surface area contributed by atoms with Crippen molar-refractivity contribution in [3.8, 4) is 16.8 Å². The summed E-state index contributed by atoms with van der Waals surface area (Å²) in [5, 5.41) is 5.19. The van der Waals surface area contributed by atoms with Crippen LogP contribution in [-0.2, 0) is 0 Å². The molecule has 2 heterocycles. The Hall–Kier alpha value is -7.40. The van der Waals surface area contributed by atoms with E-state index in [9.17, 15) is 0 Å². The first-order chi connectivity index (χ1) is 28.8. The van der Waals surface area contributed by atoms with E-state index in [1.54, 1.807) is 0 Å². The van der Waals surface area contributed by atoms with Crippen molar-refractivity contribution < 1.29 is 0 Å². The van der Waals surface area contributed by atoms with Gasteiger partial charge in [0.1, 0.15) is 0 Å². The molecule has 58 heavy (non-hydrogen) atoms. The average molecular weight is 760 g/mol. The molecule has 274 valence electrons. The molecule has 0 N–H and O–H groups in total. The molecule has 0 spiro atoms. The van der Waals surface area contributed by atoms with E-state index in [1.165, 1.54) is 53.1 Å². The van der Waals surface area contributed by atoms with E-state index in [4.69, 9.17) is 0 Å². The van der Waals surface area contributed by atoms with Crippen LogP contribution in [0.1, 0.15) is 0 Å². The molecular weight excluding hydrogens is 723 g/mol. The van der Waals surface area contributed by atoms with E-state index in [2.05, 4.69) is 239 Å². The third-order valence-electron chi connectivity index (χ3n) is 11.2. The summed E-state index contributed by atoms with van der Waals surface area (Å²) in [6.07, 6.45) is 0. The van der Waals surface area contributed by atoms with Crippen LogP contribution < -0.4 is 9.80 Å². The van der Waals surface area contributed by atoms with Crippen molar-refractivity contribution in [2.75, 3.05) is 9.80 Å². The van der Waals surface area contributed by atoms with Crippen molar-refractivity contribution >= 4 is 87.4 Å². The van der Waals surface area contributed by atoms with Gasteiger partial charge in [-0.25, -0.2) is 0 Å². The second kappa shape index (κ2) is 14.3. The molecule has 4 heteroatoms. The third-order valence-corrected chi connectivity index (χ3v) is 12.4. The molecule has 2 aromatic heterocycles. The highest BCUT2D eigenvalue weighted by Gasteiger charge is 2.20. The van der Waals surface area contributed by atoms with Gasteiger partial charge in [-0.3, -0.25) is 0 Å². The Morgan fingerprint density at radius 3 is 1.34 bits per heavy atom. The number of aromatic nitrogens is 1. The zero-order valence-corrected chi connectivity index (χ0v) is 32.4. The summed E-state index contributed by atoms with van der Waals surface area (Å²) in [6.45, 7) is 0. The monoisotopic (exact) mass is 759 g/mol. The summed E-state index contributed by atoms with van der Waals surface area (Å²) >= 11 is 1.89. The minimum atomic E-state index is 1.10. The fourth-order valence-corrected chi connectivity index (χ4v) is 9.76. The van der Waals surface area contributed by atoms with Gasteiger partial charge in [0, 0.05) is 70.8 Å². The molecule has 0 aliphatic heterocycles. The van der Waals surface area contributed by atoms with E-state index < -0.39 is 0 Å². The van der Waals surface area contributed by atoms with Crippen molar-refractivity contribution in [2.24, 2.45) is 0 Å². The number of hydrogen-bond acceptors (Lipinski definition) is 3. The quantitative estimate of drug-likeness (QED) is 0.153. The first-order valence-electron chi connectivity index (χ1n) is 19.7. The Balaban J connectivity index is 1.01. The molecule has 11 rings (SSSR count). The molecule has 0 saturated heterocycles. The van der Waals surface area contributed by atoms with Crippen LogP contribution in [0.5, 0.6) is 0 Å². The van der Waals surface area contributed by atoms with E-state index in [0.29, 0.717) is 0 Å². The molecule has 0 radical (unpaired) electrons. The van der Waals surface area contributed by atoms with Gasteiger partial charge < -0.3 is 14.4 Å². The fraction of sp³-hybridized carbons (Fsp3) is 0. The van der Waals surface area contributed by atoms with Gasteiger partial charge in [-0.1, -0.05) is 127 Å². The minimum absolute atomic E-state index is 1.10. The Kier molecular flexibility index (Phi) is 8.34. The Labute approximate surface area is 341 Å². The van der Waals surface area contributed by atoms with E-state index >= 15 is 0 Å². The Morgan fingerprint density at radius 2 is 0.776 bits per heavy atom. The van der Waals surface area contributed by atoms with Crippen molar-refractivity contribution in [2.45, 2.75) is 0 Å². The van der Waals surface area contributed by atoms with Gasteiger partial charge in [-0.05, 0) is 108 Å². The van der Waals surface area contributed by atoms with Crippen LogP contribution in [0.25, 0.3) is 58.8 Å². The standard InChI is InChI=1S/C54H37N3S/c1-5-15-40(16-6-1)55(41-17-7-2-8-18-41)44-29-25-38(26-30-44)39-27-31-45(32-28-39)56(42-19-9-3-10-20-42)46-33-34-49-51(37-46)57(43-21-11-4-12-22-43)50-36-35-48-47-23-13-14-24-52(47)58-54(48)53(49)50/h1-37H. The molecule has 0 atom stereocenters. The number of fused-ring (bicyclic) bond motifs is 7. The van der Waals surface area contributed by atoms with Gasteiger partial charge in [0.2, 0.25) is 0 Å². The van der Waals surface area contributed by atoms with Crippen LogP contribution >= 0.6 is 11.3 Å². The minimum Gasteiger partial charge on any atom is -0.311 e. The highest BCUT2D eigenvalue weighted by Crippen LogP contribution is 2.45. The van der Waals surface area contributed by atoms with Crippen molar-refractivity contribution in [3.63, 3.8) is 0 Å². The number of anilines is 6. The zero-order valence-electron chi connectivity index (χ0n) is 31.6. The highest BCUT2D eigenvalue weighted by molar-refractivity contribution is 7.26. The largest absolute Gasteiger partial charge is 0.311 e. The predicted octanol–water partition coefficient (Wildman–Crippen LogP) is 15.8. The normalized spacial score (nSPS) is 11.4. The SMILES string of the molecule is c1ccc(N(c2ccccc2)c2ccc(-c3ccc(N(c4ccccc4)c4ccc5c6c7sc8ccccc8c7ccc6n(-c6ccccc6)c5c4)cc3)cc2)cc1. The molecule has 9 aromatic carbocycles. The van der Waals surface area contributed by atoms with Crippen LogP contribution in [-0.4, -0.2) is 4.57 Å². The zero-order chi connectivity index (χ0) is 38.4. The van der Waals surface area contributed by atoms with Crippen LogP contribution in [0, 0.1) is 0 Å². The van der Waals surface area contributed by atoms with Crippen LogP contribution in [0.2, 0.25) is 0 Å². The van der Waals surface area contributed by atoms with E-state index in [-0.39, 0.29) is 0 Å². The van der Waals surface area contributed by atoms with Gasteiger partial charge in [0.25, 0.3) is 0 Å². The molecule has 3 nitrogen and oxygen atoms in total. The summed E-state index contributed by atoms with van der Waals surface area (Å²) in [5.74, 6) is 0. The third kappa shape index (κ3) is 5.82. The lowest BCUT2D eigenvalue weighted by Gasteiger charge is -2.26. The van der Waals surface area contributed by atoms with E-state index in [1.807, 2.05) is 11.3 Å². The summed E-state index contributed by atoms with van der Waals surface area (Å²) in [4.78, 5) is 4.66. The molecule has 0 fully saturated rings. The molecule has 0 aliphatic rings. The number of hydrogen-bond donors (Lipinski definition) is 0. The van der Waals surface area contributed by atoms with Crippen LogP contribution in [0.4, 0.5) is 34.1 Å². The second-order valence-electron chi connectivity index (χ2n) is 14.6. The lowest BCUT2D eigenvalue weighted by molar-refractivity contribution is 1.18. The predicted molar refractivity (Wildman–Crippen MR) is 248 cm³/mol. The average Bonchev–Trinajstić information content (AvgIpc) is 3.84. The molecule has 0 amide bonds. The fourth-order valence-electron chi connectivity index (χ4n) is 8.50. The number of rotatable bonds is 8.